The van der Waals surface area contributed by atoms with Crippen LogP contribution in [0.2, 0.25) is 0 Å². The number of nitrogens with zero attached hydrogens (tertiary/aromatic N) is 3. The minimum absolute atomic E-state index is 0.0141. The van der Waals surface area contributed by atoms with Crippen LogP contribution in [0.5, 0.6) is 0 Å². The summed E-state index contributed by atoms with van der Waals surface area (Å²) in [5, 5.41) is 5.91. The van der Waals surface area contributed by atoms with Gasteiger partial charge in [-0.05, 0) is 42.6 Å². The molecule has 1 aromatic carbocycles. The predicted octanol–water partition coefficient (Wildman–Crippen LogP) is 6.78. The van der Waals surface area contributed by atoms with Gasteiger partial charge in [0.1, 0.15) is 11.8 Å². The molecule has 1 aliphatic heterocycles. The number of rotatable bonds is 21. The minimum Gasteiger partial charge on any atom is -0.379 e. The van der Waals surface area contributed by atoms with Gasteiger partial charge in [-0.1, -0.05) is 92.1 Å². The number of thiazole rings is 1. The van der Waals surface area contributed by atoms with Gasteiger partial charge in [-0.2, -0.15) is 0 Å². The van der Waals surface area contributed by atoms with E-state index in [1.807, 2.05) is 70.0 Å². The Hall–Kier alpha value is -3.15. The second-order valence-corrected chi connectivity index (χ2v) is 16.7. The number of methoxy groups -OCH3 is 2. The molecule has 9 atom stereocenters. The van der Waals surface area contributed by atoms with Crippen LogP contribution in [0.1, 0.15) is 104 Å². The number of benzene rings is 1. The van der Waals surface area contributed by atoms with E-state index in [2.05, 4.69) is 36.3 Å². The summed E-state index contributed by atoms with van der Waals surface area (Å²) in [4.78, 5) is 63.5. The van der Waals surface area contributed by atoms with E-state index in [4.69, 9.17) is 9.47 Å². The molecule has 1 saturated heterocycles. The molecule has 0 saturated carbocycles. The number of carbonyl (C=O) groups excluding carboxylic acids is 4. The maximum atomic E-state index is 14.2. The number of likely N-dealkylation sites (tertiary alicyclic amines) is 1. The van der Waals surface area contributed by atoms with Crippen LogP contribution in [0.3, 0.4) is 0 Å². The summed E-state index contributed by atoms with van der Waals surface area (Å²) in [6.45, 7) is 16.3. The van der Waals surface area contributed by atoms with Gasteiger partial charge in [0.2, 0.25) is 17.7 Å². The van der Waals surface area contributed by atoms with Crippen molar-refractivity contribution in [2.45, 2.75) is 130 Å². The zero-order valence-corrected chi connectivity index (χ0v) is 34.9. The molecule has 10 nitrogen and oxygen atoms in total. The van der Waals surface area contributed by atoms with E-state index in [-0.39, 0.29) is 65.6 Å². The Morgan fingerprint density at radius 2 is 1.64 bits per heavy atom. The minimum atomic E-state index is -0.708. The maximum Gasteiger partial charge on any atom is 0.245 e. The molecule has 0 radical (unpaired) electrons. The van der Waals surface area contributed by atoms with Crippen molar-refractivity contribution in [1.82, 2.24) is 20.1 Å². The molecule has 1 aliphatic rings. The van der Waals surface area contributed by atoms with E-state index in [0.717, 1.165) is 29.8 Å². The average Bonchev–Trinajstić information content (AvgIpc) is 3.86. The topological polar surface area (TPSA) is 118 Å². The highest BCUT2D eigenvalue weighted by Crippen LogP contribution is 2.33. The molecule has 0 unspecified atom stereocenters. The molecule has 0 aliphatic carbocycles. The lowest BCUT2D eigenvalue weighted by atomic mass is 9.85. The lowest BCUT2D eigenvalue weighted by molar-refractivity contribution is -0.147. The summed E-state index contributed by atoms with van der Waals surface area (Å²) in [6.07, 6.45) is 4.17. The van der Waals surface area contributed by atoms with Crippen molar-refractivity contribution >= 4 is 34.8 Å². The van der Waals surface area contributed by atoms with E-state index in [1.165, 1.54) is 0 Å². The molecule has 3 rings (SSSR count). The quantitative estimate of drug-likeness (QED) is 0.149. The van der Waals surface area contributed by atoms with E-state index in [1.54, 1.807) is 43.7 Å². The van der Waals surface area contributed by atoms with Crippen molar-refractivity contribution in [3.05, 3.63) is 52.5 Å². The summed E-state index contributed by atoms with van der Waals surface area (Å²) >= 11 is 1.57. The molecule has 296 valence electrons. The highest BCUT2D eigenvalue weighted by molar-refractivity contribution is 7.09. The number of carbonyl (C=O) groups is 4. The second kappa shape index (κ2) is 21.1. The lowest BCUT2D eigenvalue weighted by Crippen LogP contribution is -2.58. The van der Waals surface area contributed by atoms with Gasteiger partial charge in [0.05, 0.1) is 35.7 Å². The molecule has 3 amide bonds. The van der Waals surface area contributed by atoms with Gasteiger partial charge in [0.15, 0.2) is 0 Å². The Bertz CT molecular complexity index is 1440. The summed E-state index contributed by atoms with van der Waals surface area (Å²) in [7, 11) is 4.97. The summed E-state index contributed by atoms with van der Waals surface area (Å²) < 4.78 is 12.1. The average molecular weight is 755 g/mol. The van der Waals surface area contributed by atoms with Gasteiger partial charge in [0, 0.05) is 63.6 Å². The monoisotopic (exact) mass is 754 g/mol. The third-order valence-electron chi connectivity index (χ3n) is 11.6. The number of ether oxygens (including phenoxy) is 2. The molecule has 2 heterocycles. The molecule has 1 N–H and O–H groups in total. The van der Waals surface area contributed by atoms with Crippen LogP contribution >= 0.6 is 11.3 Å². The third-order valence-corrected chi connectivity index (χ3v) is 12.5. The Balaban J connectivity index is 1.78. The van der Waals surface area contributed by atoms with Crippen molar-refractivity contribution < 1.29 is 28.7 Å². The van der Waals surface area contributed by atoms with E-state index in [0.29, 0.717) is 19.4 Å². The fourth-order valence-electron chi connectivity index (χ4n) is 7.67. The maximum absolute atomic E-state index is 14.2. The van der Waals surface area contributed by atoms with Crippen LogP contribution in [0.25, 0.3) is 0 Å². The molecular formula is C42H66N4O6S. The molecule has 0 bridgehead atoms. The fraction of sp³-hybridized carbons (Fsp3) is 0.690. The standard InChI is InChI=1S/C42H66N4O6S/c1-12-28(6)38(45(9)42(50)37(27(4)5)44-40(49)29(7)26(2)3)35(51-10)25-36(48)46-21-16-19-33(46)39(52-11)30(8)34(47)24-32(41-43-20-22-53-41)23-31-17-14-13-15-18-31/h13-15,17-18,20,22,26-30,32-33,35,37-39H,12,16,19,21,23-25H2,1-11H3,(H,44,49)/t28-,29-,30-,32+,33-,35+,37-,38-,39+/m0/s1. The number of Topliss-reactive ketones (excluding diaryl/α,β-unsaturated/α-hetero) is 1. The van der Waals surface area contributed by atoms with Crippen molar-refractivity contribution in [2.75, 3.05) is 27.8 Å². The Labute approximate surface area is 322 Å². The first-order valence-electron chi connectivity index (χ1n) is 19.5. The Morgan fingerprint density at radius 1 is 0.962 bits per heavy atom. The van der Waals surface area contributed by atoms with Crippen LogP contribution in [0, 0.1) is 29.6 Å². The van der Waals surface area contributed by atoms with Crippen LogP contribution in [-0.2, 0) is 35.1 Å². The first kappa shape index (κ1) is 44.2. The number of amides is 3. The van der Waals surface area contributed by atoms with E-state index < -0.39 is 30.2 Å². The van der Waals surface area contributed by atoms with Crippen LogP contribution < -0.4 is 5.32 Å². The van der Waals surface area contributed by atoms with Crippen molar-refractivity contribution in [3.8, 4) is 0 Å². The molecule has 1 fully saturated rings. The largest absolute Gasteiger partial charge is 0.379 e. The third kappa shape index (κ3) is 11.7. The number of hydrogen-bond donors (Lipinski definition) is 1. The highest BCUT2D eigenvalue weighted by atomic mass is 32.1. The van der Waals surface area contributed by atoms with Gasteiger partial charge >= 0.3 is 0 Å². The molecular weight excluding hydrogens is 689 g/mol. The first-order valence-corrected chi connectivity index (χ1v) is 20.4. The predicted molar refractivity (Wildman–Crippen MR) is 212 cm³/mol. The van der Waals surface area contributed by atoms with Crippen molar-refractivity contribution in [2.24, 2.45) is 29.6 Å². The lowest BCUT2D eigenvalue weighted by Gasteiger charge is -2.41. The summed E-state index contributed by atoms with van der Waals surface area (Å²) in [5.74, 6) is -1.03. The van der Waals surface area contributed by atoms with Gasteiger partial charge in [-0.25, -0.2) is 4.98 Å². The van der Waals surface area contributed by atoms with Crippen LogP contribution in [0.4, 0.5) is 0 Å². The molecule has 2 aromatic rings. The highest BCUT2D eigenvalue weighted by Gasteiger charge is 2.43. The summed E-state index contributed by atoms with van der Waals surface area (Å²) in [6, 6.07) is 8.79. The normalized spacial score (nSPS) is 19.3. The van der Waals surface area contributed by atoms with Crippen LogP contribution in [-0.4, -0.2) is 96.4 Å². The van der Waals surface area contributed by atoms with Crippen molar-refractivity contribution in [3.63, 3.8) is 0 Å². The van der Waals surface area contributed by atoms with Crippen molar-refractivity contribution in [1.29, 1.82) is 0 Å². The number of likely N-dealkylation sites (N-methyl/N-ethyl adjacent to an activating group) is 1. The number of nitrogens with one attached hydrogen (secondary N) is 1. The zero-order chi connectivity index (χ0) is 39.4. The van der Waals surface area contributed by atoms with Gasteiger partial charge in [-0.15, -0.1) is 11.3 Å². The smallest absolute Gasteiger partial charge is 0.245 e. The Morgan fingerprint density at radius 3 is 2.19 bits per heavy atom. The van der Waals surface area contributed by atoms with Gasteiger partial charge in [0.25, 0.3) is 0 Å². The second-order valence-electron chi connectivity index (χ2n) is 15.8. The van der Waals surface area contributed by atoms with E-state index >= 15 is 0 Å². The number of aromatic nitrogens is 1. The SMILES string of the molecule is CC[C@H](C)[C@@H]([C@@H](CC(=O)N1CCC[C@H]1[C@H](OC)[C@@H](C)C(=O)C[C@@H](Cc1ccccc1)c1nccs1)OC)N(C)C(=O)[C@@H](NC(=O)[C@@H](C)C(C)C)C(C)C. The number of ketones is 1. The number of hydrogen-bond acceptors (Lipinski definition) is 8. The first-order chi connectivity index (χ1) is 25.2. The molecule has 11 heteroatoms. The van der Waals surface area contributed by atoms with E-state index in [9.17, 15) is 19.2 Å². The molecule has 1 aromatic heterocycles. The Kier molecular flexibility index (Phi) is 17.6. The van der Waals surface area contributed by atoms with Crippen LogP contribution in [0.15, 0.2) is 41.9 Å². The molecule has 0 spiro atoms. The van der Waals surface area contributed by atoms with Gasteiger partial charge in [-0.3, -0.25) is 19.2 Å². The van der Waals surface area contributed by atoms with Gasteiger partial charge < -0.3 is 24.6 Å². The summed E-state index contributed by atoms with van der Waals surface area (Å²) in [5.41, 5.74) is 1.16. The fourth-order valence-corrected chi connectivity index (χ4v) is 8.41. The zero-order valence-electron chi connectivity index (χ0n) is 34.0. The molecule has 53 heavy (non-hydrogen) atoms.